The molecule has 2 fully saturated rings. The smallest absolute Gasteiger partial charge is 0.183 e. The van der Waals surface area contributed by atoms with Gasteiger partial charge in [0.1, 0.15) is 6.10 Å². The molecule has 70 valence electrons. The first kappa shape index (κ1) is 8.48. The van der Waals surface area contributed by atoms with E-state index in [4.69, 9.17) is 9.47 Å². The van der Waals surface area contributed by atoms with Gasteiger partial charge in [-0.2, -0.15) is 0 Å². The van der Waals surface area contributed by atoms with Crippen LogP contribution in [0.15, 0.2) is 0 Å². The largest absolute Gasteiger partial charge is 0.388 e. The minimum atomic E-state index is -0.398. The van der Waals surface area contributed by atoms with Gasteiger partial charge in [-0.1, -0.05) is 6.42 Å². The lowest BCUT2D eigenvalue weighted by Gasteiger charge is -2.26. The van der Waals surface area contributed by atoms with Gasteiger partial charge < -0.3 is 14.6 Å². The van der Waals surface area contributed by atoms with Crippen molar-refractivity contribution < 1.29 is 14.6 Å². The third kappa shape index (κ3) is 1.79. The summed E-state index contributed by atoms with van der Waals surface area (Å²) in [5.74, 6) is 0.724. The van der Waals surface area contributed by atoms with E-state index in [1.807, 2.05) is 0 Å². The molecule has 0 spiro atoms. The Hall–Kier alpha value is -0.120. The van der Waals surface area contributed by atoms with Gasteiger partial charge in [0.15, 0.2) is 6.29 Å². The summed E-state index contributed by atoms with van der Waals surface area (Å²) in [4.78, 5) is 0. The summed E-state index contributed by atoms with van der Waals surface area (Å²) < 4.78 is 10.7. The van der Waals surface area contributed by atoms with Crippen molar-refractivity contribution >= 4 is 0 Å². The van der Waals surface area contributed by atoms with Gasteiger partial charge >= 0.3 is 0 Å². The van der Waals surface area contributed by atoms with Crippen molar-refractivity contribution in [3.8, 4) is 0 Å². The summed E-state index contributed by atoms with van der Waals surface area (Å²) in [6.07, 6.45) is 3.87. The predicted octanol–water partition coefficient (Wildman–Crippen LogP) is 0.910. The summed E-state index contributed by atoms with van der Waals surface area (Å²) >= 11 is 0. The number of ether oxygens (including phenoxy) is 2. The third-order valence-electron chi connectivity index (χ3n) is 2.73. The number of aliphatic hydroxyl groups is 1. The molecule has 0 amide bonds. The summed E-state index contributed by atoms with van der Waals surface area (Å²) in [6.45, 7) is 1.40. The molecule has 1 N–H and O–H groups in total. The van der Waals surface area contributed by atoms with Crippen molar-refractivity contribution in [2.24, 2.45) is 5.92 Å². The van der Waals surface area contributed by atoms with Gasteiger partial charge in [-0.25, -0.2) is 0 Å². The highest BCUT2D eigenvalue weighted by Gasteiger charge is 2.28. The Morgan fingerprint density at radius 2 is 2.17 bits per heavy atom. The van der Waals surface area contributed by atoms with E-state index in [1.54, 1.807) is 0 Å². The van der Waals surface area contributed by atoms with Crippen LogP contribution >= 0.6 is 0 Å². The molecule has 3 nitrogen and oxygen atoms in total. The molecule has 1 aliphatic carbocycles. The third-order valence-corrected chi connectivity index (χ3v) is 2.73. The predicted molar refractivity (Wildman–Crippen MR) is 43.7 cm³/mol. The molecular weight excluding hydrogens is 156 g/mol. The van der Waals surface area contributed by atoms with Crippen molar-refractivity contribution in [1.82, 2.24) is 0 Å². The fourth-order valence-electron chi connectivity index (χ4n) is 1.60. The molecule has 2 atom stereocenters. The highest BCUT2D eigenvalue weighted by atomic mass is 16.7. The van der Waals surface area contributed by atoms with E-state index >= 15 is 0 Å². The molecule has 1 saturated carbocycles. The fraction of sp³-hybridized carbons (Fsp3) is 1.00. The van der Waals surface area contributed by atoms with Crippen LogP contribution in [0.5, 0.6) is 0 Å². The van der Waals surface area contributed by atoms with Crippen molar-refractivity contribution in [2.75, 3.05) is 13.2 Å². The van der Waals surface area contributed by atoms with Crippen LogP contribution in [0.1, 0.15) is 25.7 Å². The lowest BCUT2D eigenvalue weighted by Crippen LogP contribution is -2.28. The van der Waals surface area contributed by atoms with Crippen LogP contribution in [0.3, 0.4) is 0 Å². The number of aliphatic hydroxyl groups excluding tert-OH is 1. The maximum atomic E-state index is 9.34. The molecule has 2 aliphatic rings. The number of rotatable bonds is 3. The molecule has 1 heterocycles. The van der Waals surface area contributed by atoms with Gasteiger partial charge in [0.2, 0.25) is 0 Å². The Bertz CT molecular complexity index is 145. The molecule has 0 aromatic rings. The first-order valence-electron chi connectivity index (χ1n) is 4.77. The highest BCUT2D eigenvalue weighted by molar-refractivity contribution is 4.71. The fourth-order valence-corrected chi connectivity index (χ4v) is 1.60. The number of hydrogen-bond donors (Lipinski definition) is 1. The van der Waals surface area contributed by atoms with E-state index < -0.39 is 6.10 Å². The first-order valence-corrected chi connectivity index (χ1v) is 4.77. The zero-order valence-corrected chi connectivity index (χ0v) is 7.24. The summed E-state index contributed by atoms with van der Waals surface area (Å²) in [5.41, 5.74) is 0. The first-order chi connectivity index (χ1) is 5.86. The highest BCUT2D eigenvalue weighted by Crippen LogP contribution is 2.27. The van der Waals surface area contributed by atoms with E-state index in [9.17, 15) is 5.11 Å². The van der Waals surface area contributed by atoms with Gasteiger partial charge in [0.05, 0.1) is 13.2 Å². The van der Waals surface area contributed by atoms with Crippen molar-refractivity contribution in [3.05, 3.63) is 0 Å². The molecule has 0 radical (unpaired) electrons. The van der Waals surface area contributed by atoms with Crippen LogP contribution in [0.25, 0.3) is 0 Å². The summed E-state index contributed by atoms with van der Waals surface area (Å²) in [7, 11) is 0. The molecule has 2 rings (SSSR count). The van der Waals surface area contributed by atoms with Gasteiger partial charge in [-0.3, -0.25) is 0 Å². The Kier molecular flexibility index (Phi) is 2.63. The van der Waals surface area contributed by atoms with Crippen molar-refractivity contribution in [1.29, 1.82) is 0 Å². The van der Waals surface area contributed by atoms with Crippen LogP contribution in [-0.4, -0.2) is 30.7 Å². The average molecular weight is 172 g/mol. The van der Waals surface area contributed by atoms with Crippen LogP contribution in [-0.2, 0) is 9.47 Å². The van der Waals surface area contributed by atoms with E-state index in [1.165, 1.54) is 19.3 Å². The second kappa shape index (κ2) is 3.73. The maximum Gasteiger partial charge on any atom is 0.183 e. The SMILES string of the molecule is OC1CCOC1OCC1CCC1. The molecule has 0 bridgehead atoms. The van der Waals surface area contributed by atoms with Gasteiger partial charge in [-0.05, 0) is 18.8 Å². The Labute approximate surface area is 72.7 Å². The lowest BCUT2D eigenvalue weighted by molar-refractivity contribution is -0.161. The molecule has 1 aliphatic heterocycles. The topological polar surface area (TPSA) is 38.7 Å². The lowest BCUT2D eigenvalue weighted by atomic mass is 9.86. The molecule has 0 aromatic heterocycles. The molecule has 3 heteroatoms. The van der Waals surface area contributed by atoms with Crippen LogP contribution in [0, 0.1) is 5.92 Å². The Morgan fingerprint density at radius 3 is 2.67 bits per heavy atom. The minimum Gasteiger partial charge on any atom is -0.388 e. The van der Waals surface area contributed by atoms with E-state index in [0.717, 1.165) is 18.9 Å². The quantitative estimate of drug-likeness (QED) is 0.687. The van der Waals surface area contributed by atoms with Gasteiger partial charge in [0.25, 0.3) is 0 Å². The number of hydrogen-bond acceptors (Lipinski definition) is 3. The van der Waals surface area contributed by atoms with E-state index in [-0.39, 0.29) is 6.29 Å². The van der Waals surface area contributed by atoms with Crippen LogP contribution in [0.4, 0.5) is 0 Å². The average Bonchev–Trinajstić information content (AvgIpc) is 2.33. The van der Waals surface area contributed by atoms with Gasteiger partial charge in [-0.15, -0.1) is 0 Å². The second-order valence-electron chi connectivity index (χ2n) is 3.73. The van der Waals surface area contributed by atoms with E-state index in [0.29, 0.717) is 6.61 Å². The molecule has 0 aromatic carbocycles. The van der Waals surface area contributed by atoms with Crippen molar-refractivity contribution in [3.63, 3.8) is 0 Å². The van der Waals surface area contributed by atoms with Crippen LogP contribution in [0.2, 0.25) is 0 Å². The standard InChI is InChI=1S/C9H16O3/c10-8-4-5-11-9(8)12-6-7-2-1-3-7/h7-10H,1-6H2. The van der Waals surface area contributed by atoms with Crippen LogP contribution < -0.4 is 0 Å². The summed E-state index contributed by atoms with van der Waals surface area (Å²) in [6, 6.07) is 0. The zero-order chi connectivity index (χ0) is 8.39. The van der Waals surface area contributed by atoms with Crippen molar-refractivity contribution in [2.45, 2.75) is 38.1 Å². The Balaban J connectivity index is 1.64. The van der Waals surface area contributed by atoms with E-state index in [2.05, 4.69) is 0 Å². The molecule has 2 unspecified atom stereocenters. The second-order valence-corrected chi connectivity index (χ2v) is 3.73. The molecule has 1 saturated heterocycles. The Morgan fingerprint density at radius 1 is 1.33 bits per heavy atom. The molecule has 12 heavy (non-hydrogen) atoms. The monoisotopic (exact) mass is 172 g/mol. The normalized spacial score (nSPS) is 36.8. The maximum absolute atomic E-state index is 9.34. The van der Waals surface area contributed by atoms with Gasteiger partial charge in [0, 0.05) is 6.42 Å². The zero-order valence-electron chi connectivity index (χ0n) is 7.24. The molecular formula is C9H16O3. The minimum absolute atomic E-state index is 0.342. The summed E-state index contributed by atoms with van der Waals surface area (Å²) in [5, 5.41) is 9.34.